The van der Waals surface area contributed by atoms with Crippen molar-refractivity contribution in [3.8, 4) is 0 Å². The summed E-state index contributed by atoms with van der Waals surface area (Å²) in [6.45, 7) is 3.49. The minimum atomic E-state index is 0. The average Bonchev–Trinajstić information content (AvgIpc) is 2.58. The Morgan fingerprint density at radius 3 is 3.06 bits per heavy atom. The van der Waals surface area contributed by atoms with Crippen LogP contribution in [0.3, 0.4) is 0 Å². The quantitative estimate of drug-likeness (QED) is 0.899. The van der Waals surface area contributed by atoms with Gasteiger partial charge < -0.3 is 5.32 Å². The molecule has 0 radical (unpaired) electrons. The fourth-order valence-corrected chi connectivity index (χ4v) is 2.99. The summed E-state index contributed by atoms with van der Waals surface area (Å²) in [4.78, 5) is 3.99. The minimum Gasteiger partial charge on any atom is -0.317 e. The average molecular weight is 261 g/mol. The van der Waals surface area contributed by atoms with Crippen molar-refractivity contribution in [1.82, 2.24) is 10.2 Å². The zero-order valence-electron chi connectivity index (χ0n) is 9.82. The lowest BCUT2D eigenvalue weighted by Crippen LogP contribution is -2.31. The molecule has 0 aliphatic carbocycles. The maximum atomic E-state index is 3.47. The molecule has 0 amide bonds. The third-order valence-electron chi connectivity index (χ3n) is 3.15. The smallest absolute Gasteiger partial charge is 0.0327 e. The Morgan fingerprint density at radius 1 is 1.44 bits per heavy atom. The highest BCUT2D eigenvalue weighted by Crippen LogP contribution is 2.17. The van der Waals surface area contributed by atoms with Crippen LogP contribution in [0.2, 0.25) is 0 Å². The van der Waals surface area contributed by atoms with Crippen LogP contribution >= 0.6 is 23.7 Å². The molecular formula is C12H21ClN2S. The number of nitrogens with one attached hydrogen (secondary N) is 1. The highest BCUT2D eigenvalue weighted by atomic mass is 35.5. The molecule has 16 heavy (non-hydrogen) atoms. The first-order valence-electron chi connectivity index (χ1n) is 5.79. The van der Waals surface area contributed by atoms with E-state index in [-0.39, 0.29) is 12.4 Å². The number of nitrogens with zero attached hydrogens (tertiary/aromatic N) is 1. The Balaban J connectivity index is 0.00000128. The predicted molar refractivity (Wildman–Crippen MR) is 73.5 cm³/mol. The SMILES string of the molecule is CN(Cc1cccs1)C1CCCNCC1.Cl. The molecule has 0 saturated carbocycles. The largest absolute Gasteiger partial charge is 0.317 e. The number of hydrogen-bond donors (Lipinski definition) is 1. The van der Waals surface area contributed by atoms with Crippen molar-refractivity contribution in [2.24, 2.45) is 0 Å². The third kappa shape index (κ3) is 4.06. The lowest BCUT2D eigenvalue weighted by Gasteiger charge is -2.26. The van der Waals surface area contributed by atoms with Crippen molar-refractivity contribution in [3.05, 3.63) is 22.4 Å². The van der Waals surface area contributed by atoms with Gasteiger partial charge in [-0.25, -0.2) is 0 Å². The van der Waals surface area contributed by atoms with E-state index >= 15 is 0 Å². The number of rotatable bonds is 3. The lowest BCUT2D eigenvalue weighted by molar-refractivity contribution is 0.218. The summed E-state index contributed by atoms with van der Waals surface area (Å²) in [7, 11) is 2.26. The fourth-order valence-electron chi connectivity index (χ4n) is 2.22. The van der Waals surface area contributed by atoms with E-state index in [1.165, 1.54) is 37.2 Å². The normalized spacial score (nSPS) is 21.5. The van der Waals surface area contributed by atoms with Crippen LogP contribution in [0.1, 0.15) is 24.1 Å². The van der Waals surface area contributed by atoms with Crippen LogP contribution in [0, 0.1) is 0 Å². The Morgan fingerprint density at radius 2 is 2.31 bits per heavy atom. The Hall–Kier alpha value is -0.0900. The van der Waals surface area contributed by atoms with Gasteiger partial charge in [0.2, 0.25) is 0 Å². The summed E-state index contributed by atoms with van der Waals surface area (Å²) in [6.07, 6.45) is 3.95. The molecular weight excluding hydrogens is 240 g/mol. The second-order valence-electron chi connectivity index (χ2n) is 4.33. The molecule has 1 saturated heterocycles. The van der Waals surface area contributed by atoms with E-state index in [1.54, 1.807) is 0 Å². The Kier molecular flexibility index (Phi) is 6.36. The van der Waals surface area contributed by atoms with Crippen LogP contribution in [0.4, 0.5) is 0 Å². The summed E-state index contributed by atoms with van der Waals surface area (Å²) >= 11 is 1.86. The maximum Gasteiger partial charge on any atom is 0.0327 e. The van der Waals surface area contributed by atoms with Crippen molar-refractivity contribution < 1.29 is 0 Å². The van der Waals surface area contributed by atoms with Crippen molar-refractivity contribution >= 4 is 23.7 Å². The standard InChI is InChI=1S/C12H20N2S.ClH/c1-14(10-12-5-3-9-15-12)11-4-2-7-13-8-6-11;/h3,5,9,11,13H,2,4,6-8,10H2,1H3;1H. The molecule has 2 rings (SSSR count). The van der Waals surface area contributed by atoms with Gasteiger partial charge in [-0.1, -0.05) is 6.07 Å². The number of halogens is 1. The van der Waals surface area contributed by atoms with Crippen LogP contribution < -0.4 is 5.32 Å². The van der Waals surface area contributed by atoms with Gasteiger partial charge in [0.1, 0.15) is 0 Å². The second-order valence-corrected chi connectivity index (χ2v) is 5.36. The highest BCUT2D eigenvalue weighted by Gasteiger charge is 2.16. The van der Waals surface area contributed by atoms with E-state index in [0.717, 1.165) is 12.6 Å². The van der Waals surface area contributed by atoms with Crippen LogP contribution in [0.25, 0.3) is 0 Å². The molecule has 2 nitrogen and oxygen atoms in total. The molecule has 1 aromatic rings. The first-order chi connectivity index (χ1) is 7.36. The molecule has 4 heteroatoms. The molecule has 1 atom stereocenters. The van der Waals surface area contributed by atoms with E-state index in [2.05, 4.69) is 34.8 Å². The van der Waals surface area contributed by atoms with Gasteiger partial charge in [-0.15, -0.1) is 23.7 Å². The van der Waals surface area contributed by atoms with Gasteiger partial charge in [-0.3, -0.25) is 4.90 Å². The zero-order chi connectivity index (χ0) is 10.5. The van der Waals surface area contributed by atoms with Crippen LogP contribution in [-0.4, -0.2) is 31.1 Å². The first kappa shape index (κ1) is 14.0. The van der Waals surface area contributed by atoms with Crippen LogP contribution in [-0.2, 0) is 6.54 Å². The van der Waals surface area contributed by atoms with E-state index in [0.29, 0.717) is 0 Å². The van der Waals surface area contributed by atoms with Gasteiger partial charge in [0.05, 0.1) is 0 Å². The predicted octanol–water partition coefficient (Wildman–Crippen LogP) is 2.74. The summed E-state index contributed by atoms with van der Waals surface area (Å²) in [5.74, 6) is 0. The molecule has 1 N–H and O–H groups in total. The fraction of sp³-hybridized carbons (Fsp3) is 0.667. The molecule has 1 fully saturated rings. The van der Waals surface area contributed by atoms with Gasteiger partial charge >= 0.3 is 0 Å². The zero-order valence-corrected chi connectivity index (χ0v) is 11.4. The van der Waals surface area contributed by atoms with Crippen molar-refractivity contribution in [2.75, 3.05) is 20.1 Å². The van der Waals surface area contributed by atoms with Gasteiger partial charge in [0, 0.05) is 17.5 Å². The van der Waals surface area contributed by atoms with Gasteiger partial charge in [-0.2, -0.15) is 0 Å². The lowest BCUT2D eigenvalue weighted by atomic mass is 10.1. The molecule has 0 spiro atoms. The van der Waals surface area contributed by atoms with Crippen LogP contribution in [0.15, 0.2) is 17.5 Å². The van der Waals surface area contributed by atoms with E-state index < -0.39 is 0 Å². The number of hydrogen-bond acceptors (Lipinski definition) is 3. The topological polar surface area (TPSA) is 15.3 Å². The molecule has 92 valence electrons. The maximum absolute atomic E-state index is 3.47. The van der Waals surface area contributed by atoms with Crippen LogP contribution in [0.5, 0.6) is 0 Å². The van der Waals surface area contributed by atoms with Crippen molar-refractivity contribution in [2.45, 2.75) is 31.8 Å². The molecule has 1 aliphatic heterocycles. The summed E-state index contributed by atoms with van der Waals surface area (Å²) in [5.41, 5.74) is 0. The molecule has 0 bridgehead atoms. The highest BCUT2D eigenvalue weighted by molar-refractivity contribution is 7.09. The van der Waals surface area contributed by atoms with Gasteiger partial charge in [-0.05, 0) is 50.8 Å². The van der Waals surface area contributed by atoms with Crippen molar-refractivity contribution in [3.63, 3.8) is 0 Å². The molecule has 0 aromatic carbocycles. The van der Waals surface area contributed by atoms with Gasteiger partial charge in [0.15, 0.2) is 0 Å². The monoisotopic (exact) mass is 260 g/mol. The second kappa shape index (κ2) is 7.28. The molecule has 1 unspecified atom stereocenters. The Labute approximate surface area is 108 Å². The van der Waals surface area contributed by atoms with E-state index in [1.807, 2.05) is 11.3 Å². The minimum absolute atomic E-state index is 0. The van der Waals surface area contributed by atoms with Gasteiger partial charge in [0.25, 0.3) is 0 Å². The Bertz CT molecular complexity index is 269. The summed E-state index contributed by atoms with van der Waals surface area (Å²) < 4.78 is 0. The summed E-state index contributed by atoms with van der Waals surface area (Å²) in [5, 5.41) is 5.63. The first-order valence-corrected chi connectivity index (χ1v) is 6.67. The molecule has 1 aliphatic rings. The third-order valence-corrected chi connectivity index (χ3v) is 4.02. The van der Waals surface area contributed by atoms with E-state index in [9.17, 15) is 0 Å². The summed E-state index contributed by atoms with van der Waals surface area (Å²) in [6, 6.07) is 5.14. The molecule has 1 aromatic heterocycles. The van der Waals surface area contributed by atoms with Crippen molar-refractivity contribution in [1.29, 1.82) is 0 Å². The van der Waals surface area contributed by atoms with E-state index in [4.69, 9.17) is 0 Å². The number of thiophene rings is 1. The molecule has 2 heterocycles.